The predicted octanol–water partition coefficient (Wildman–Crippen LogP) is 1.77. The predicted molar refractivity (Wildman–Crippen MR) is 70.6 cm³/mol. The SMILES string of the molecule is Cc1cc(N)ccc1S(=O)(=O)Nc1ccccn1. The van der Waals surface area contributed by atoms with Crippen molar-refractivity contribution in [1.82, 2.24) is 4.98 Å². The van der Waals surface area contributed by atoms with Crippen LogP contribution in [0.15, 0.2) is 47.5 Å². The Balaban J connectivity index is 2.37. The van der Waals surface area contributed by atoms with Crippen LogP contribution in [0.1, 0.15) is 5.56 Å². The third-order valence-electron chi connectivity index (χ3n) is 2.39. The van der Waals surface area contributed by atoms with Crippen molar-refractivity contribution in [3.63, 3.8) is 0 Å². The average Bonchev–Trinajstić information content (AvgIpc) is 2.29. The molecule has 1 aromatic carbocycles. The highest BCUT2D eigenvalue weighted by molar-refractivity contribution is 7.92. The maximum absolute atomic E-state index is 12.1. The highest BCUT2D eigenvalue weighted by atomic mass is 32.2. The van der Waals surface area contributed by atoms with Crippen molar-refractivity contribution >= 4 is 21.5 Å². The van der Waals surface area contributed by atoms with Gasteiger partial charge in [-0.2, -0.15) is 0 Å². The van der Waals surface area contributed by atoms with Gasteiger partial charge in [-0.1, -0.05) is 6.07 Å². The van der Waals surface area contributed by atoms with Crippen molar-refractivity contribution in [2.75, 3.05) is 10.5 Å². The minimum atomic E-state index is -3.63. The molecule has 1 heterocycles. The third-order valence-corrected chi connectivity index (χ3v) is 3.91. The van der Waals surface area contributed by atoms with E-state index in [1.54, 1.807) is 37.3 Å². The molecule has 0 spiro atoms. The summed E-state index contributed by atoms with van der Waals surface area (Å²) in [5.74, 6) is 0.286. The monoisotopic (exact) mass is 263 g/mol. The Hall–Kier alpha value is -2.08. The third kappa shape index (κ3) is 2.60. The lowest BCUT2D eigenvalue weighted by Crippen LogP contribution is -2.15. The van der Waals surface area contributed by atoms with Crippen LogP contribution >= 0.6 is 0 Å². The van der Waals surface area contributed by atoms with E-state index >= 15 is 0 Å². The maximum atomic E-state index is 12.1. The van der Waals surface area contributed by atoms with Crippen molar-refractivity contribution in [2.24, 2.45) is 0 Å². The molecule has 5 nitrogen and oxygen atoms in total. The van der Waals surface area contributed by atoms with Crippen LogP contribution in [0.5, 0.6) is 0 Å². The largest absolute Gasteiger partial charge is 0.399 e. The van der Waals surface area contributed by atoms with Gasteiger partial charge < -0.3 is 5.73 Å². The Morgan fingerprint density at radius 2 is 2.00 bits per heavy atom. The van der Waals surface area contributed by atoms with Gasteiger partial charge in [0.1, 0.15) is 5.82 Å². The zero-order valence-corrected chi connectivity index (χ0v) is 10.6. The number of aromatic nitrogens is 1. The van der Waals surface area contributed by atoms with Gasteiger partial charge in [-0.15, -0.1) is 0 Å². The van der Waals surface area contributed by atoms with E-state index in [0.29, 0.717) is 11.3 Å². The molecule has 0 aliphatic heterocycles. The van der Waals surface area contributed by atoms with Crippen LogP contribution in [0.3, 0.4) is 0 Å². The topological polar surface area (TPSA) is 85.1 Å². The molecule has 2 aromatic rings. The number of pyridine rings is 1. The zero-order chi connectivity index (χ0) is 13.2. The lowest BCUT2D eigenvalue weighted by atomic mass is 10.2. The summed E-state index contributed by atoms with van der Waals surface area (Å²) in [6.07, 6.45) is 1.52. The van der Waals surface area contributed by atoms with E-state index < -0.39 is 10.0 Å². The van der Waals surface area contributed by atoms with E-state index in [2.05, 4.69) is 9.71 Å². The maximum Gasteiger partial charge on any atom is 0.263 e. The zero-order valence-electron chi connectivity index (χ0n) is 9.79. The van der Waals surface area contributed by atoms with Crippen molar-refractivity contribution in [1.29, 1.82) is 0 Å². The number of aryl methyl sites for hydroxylation is 1. The van der Waals surface area contributed by atoms with Crippen LogP contribution in [0.25, 0.3) is 0 Å². The van der Waals surface area contributed by atoms with Gasteiger partial charge in [0.25, 0.3) is 10.0 Å². The molecule has 0 amide bonds. The molecule has 6 heteroatoms. The highest BCUT2D eigenvalue weighted by Gasteiger charge is 2.17. The molecule has 0 atom stereocenters. The smallest absolute Gasteiger partial charge is 0.263 e. The van der Waals surface area contributed by atoms with E-state index in [1.807, 2.05) is 0 Å². The molecule has 0 fully saturated rings. The fourth-order valence-corrected chi connectivity index (χ4v) is 2.83. The van der Waals surface area contributed by atoms with Gasteiger partial charge in [-0.05, 0) is 42.8 Å². The normalized spacial score (nSPS) is 11.2. The number of nitrogens with one attached hydrogen (secondary N) is 1. The van der Waals surface area contributed by atoms with Crippen LogP contribution in [-0.4, -0.2) is 13.4 Å². The fraction of sp³-hybridized carbons (Fsp3) is 0.0833. The van der Waals surface area contributed by atoms with E-state index in [4.69, 9.17) is 5.73 Å². The number of rotatable bonds is 3. The second-order valence-corrected chi connectivity index (χ2v) is 5.50. The number of benzene rings is 1. The molecule has 3 N–H and O–H groups in total. The van der Waals surface area contributed by atoms with Gasteiger partial charge in [0.15, 0.2) is 0 Å². The van der Waals surface area contributed by atoms with Gasteiger partial charge in [-0.3, -0.25) is 4.72 Å². The first kappa shape index (κ1) is 12.4. The molecule has 94 valence electrons. The first-order valence-corrected chi connectivity index (χ1v) is 6.77. The molecule has 0 bridgehead atoms. The molecule has 18 heavy (non-hydrogen) atoms. The summed E-state index contributed by atoms with van der Waals surface area (Å²) in [6.45, 7) is 1.70. The summed E-state index contributed by atoms with van der Waals surface area (Å²) >= 11 is 0. The van der Waals surface area contributed by atoms with E-state index in [9.17, 15) is 8.42 Å². The van der Waals surface area contributed by atoms with Crippen LogP contribution in [0, 0.1) is 6.92 Å². The van der Waals surface area contributed by atoms with Gasteiger partial charge in [0.2, 0.25) is 0 Å². The molecule has 0 saturated carbocycles. The second kappa shape index (κ2) is 4.66. The van der Waals surface area contributed by atoms with Crippen LogP contribution in [0.2, 0.25) is 0 Å². The van der Waals surface area contributed by atoms with Crippen LogP contribution in [0.4, 0.5) is 11.5 Å². The number of nitrogen functional groups attached to an aromatic ring is 1. The van der Waals surface area contributed by atoms with Crippen molar-refractivity contribution in [3.05, 3.63) is 48.2 Å². The number of sulfonamides is 1. The van der Waals surface area contributed by atoms with Crippen molar-refractivity contribution in [3.8, 4) is 0 Å². The Kier molecular flexibility index (Phi) is 3.20. The summed E-state index contributed by atoms with van der Waals surface area (Å²) in [5.41, 5.74) is 6.72. The summed E-state index contributed by atoms with van der Waals surface area (Å²) in [4.78, 5) is 4.12. The van der Waals surface area contributed by atoms with E-state index in [-0.39, 0.29) is 10.7 Å². The molecule has 0 radical (unpaired) electrons. The van der Waals surface area contributed by atoms with Gasteiger partial charge in [0, 0.05) is 11.9 Å². The first-order chi connectivity index (χ1) is 8.49. The number of anilines is 2. The van der Waals surface area contributed by atoms with Crippen molar-refractivity contribution < 1.29 is 8.42 Å². The Morgan fingerprint density at radius 1 is 1.22 bits per heavy atom. The lowest BCUT2D eigenvalue weighted by Gasteiger charge is -2.09. The standard InChI is InChI=1S/C12H13N3O2S/c1-9-8-10(13)5-6-11(9)18(16,17)15-12-4-2-3-7-14-12/h2-8H,13H2,1H3,(H,14,15). The minimum absolute atomic E-state index is 0.197. The summed E-state index contributed by atoms with van der Waals surface area (Å²) in [6, 6.07) is 9.67. The fourth-order valence-electron chi connectivity index (χ4n) is 1.59. The Labute approximate surface area is 106 Å². The van der Waals surface area contributed by atoms with Crippen LogP contribution < -0.4 is 10.5 Å². The molecule has 0 aliphatic carbocycles. The summed E-state index contributed by atoms with van der Waals surface area (Å²) in [5, 5.41) is 0. The Morgan fingerprint density at radius 3 is 2.61 bits per heavy atom. The number of nitrogens with zero attached hydrogens (tertiary/aromatic N) is 1. The van der Waals surface area contributed by atoms with Gasteiger partial charge >= 0.3 is 0 Å². The molecular weight excluding hydrogens is 250 g/mol. The highest BCUT2D eigenvalue weighted by Crippen LogP contribution is 2.20. The van der Waals surface area contributed by atoms with Gasteiger partial charge in [0.05, 0.1) is 4.90 Å². The molecule has 0 unspecified atom stereocenters. The summed E-state index contributed by atoms with van der Waals surface area (Å²) < 4.78 is 26.7. The van der Waals surface area contributed by atoms with Crippen molar-refractivity contribution in [2.45, 2.75) is 11.8 Å². The van der Waals surface area contributed by atoms with E-state index in [0.717, 1.165) is 0 Å². The molecule has 1 aromatic heterocycles. The molecule has 2 rings (SSSR count). The molecular formula is C12H13N3O2S. The Bertz CT molecular complexity index is 654. The molecule has 0 aliphatic rings. The number of hydrogen-bond donors (Lipinski definition) is 2. The van der Waals surface area contributed by atoms with Crippen LogP contribution in [-0.2, 0) is 10.0 Å². The van der Waals surface area contributed by atoms with E-state index in [1.165, 1.54) is 12.3 Å². The summed E-state index contributed by atoms with van der Waals surface area (Å²) in [7, 11) is -3.63. The second-order valence-electron chi connectivity index (χ2n) is 3.85. The lowest BCUT2D eigenvalue weighted by molar-refractivity contribution is 0.600. The number of nitrogens with two attached hydrogens (primary N) is 1. The molecule has 0 saturated heterocycles. The van der Waals surface area contributed by atoms with Gasteiger partial charge in [-0.25, -0.2) is 13.4 Å². The number of hydrogen-bond acceptors (Lipinski definition) is 4. The quantitative estimate of drug-likeness (QED) is 0.826. The first-order valence-electron chi connectivity index (χ1n) is 5.29. The minimum Gasteiger partial charge on any atom is -0.399 e. The average molecular weight is 263 g/mol.